The zero-order valence-corrected chi connectivity index (χ0v) is 24.8. The van der Waals surface area contributed by atoms with Crippen molar-refractivity contribution in [2.75, 3.05) is 62.2 Å². The van der Waals surface area contributed by atoms with E-state index in [1.54, 1.807) is 6.20 Å². The van der Waals surface area contributed by atoms with E-state index in [0.717, 1.165) is 106 Å². The average molecular weight is 575 g/mol. The van der Waals surface area contributed by atoms with E-state index in [2.05, 4.69) is 80.0 Å². The molecule has 2 aromatic carbocycles. The molecule has 0 spiro atoms. The van der Waals surface area contributed by atoms with E-state index in [9.17, 15) is 5.26 Å². The summed E-state index contributed by atoms with van der Waals surface area (Å²) < 4.78 is 6.43. The van der Waals surface area contributed by atoms with Crippen molar-refractivity contribution in [1.82, 2.24) is 24.8 Å². The Morgan fingerprint density at radius 1 is 0.884 bits per heavy atom. The minimum Gasteiger partial charge on any atom is -0.370 e. The lowest BCUT2D eigenvalue weighted by Gasteiger charge is -2.42. The average Bonchev–Trinajstić information content (AvgIpc) is 3.04. The number of hydrogen-bond donors (Lipinski definition) is 0. The first-order valence-corrected chi connectivity index (χ1v) is 15.4. The largest absolute Gasteiger partial charge is 0.370 e. The number of nitriles is 1. The molecule has 0 N–H and O–H groups in total. The van der Waals surface area contributed by atoms with Crippen LogP contribution in [0, 0.1) is 11.3 Å². The maximum absolute atomic E-state index is 9.56. The van der Waals surface area contributed by atoms with Crippen LogP contribution in [0.2, 0.25) is 0 Å². The molecule has 220 valence electrons. The summed E-state index contributed by atoms with van der Waals surface area (Å²) in [5.41, 5.74) is 6.12. The van der Waals surface area contributed by atoms with Gasteiger partial charge in [0, 0.05) is 89.1 Å². The summed E-state index contributed by atoms with van der Waals surface area (Å²) >= 11 is 0. The Morgan fingerprint density at radius 3 is 2.58 bits per heavy atom. The fraction of sp³-hybridized carbons (Fsp3) is 0.412. The maximum Gasteiger partial charge on any atom is 0.147 e. The van der Waals surface area contributed by atoms with Crippen LogP contribution in [-0.2, 0) is 24.2 Å². The molecule has 3 aliphatic rings. The van der Waals surface area contributed by atoms with Crippen molar-refractivity contribution in [1.29, 1.82) is 5.26 Å². The second kappa shape index (κ2) is 12.3. The third-order valence-electron chi connectivity index (χ3n) is 8.90. The van der Waals surface area contributed by atoms with Gasteiger partial charge in [0.25, 0.3) is 0 Å². The molecular weight excluding hydrogens is 536 g/mol. The van der Waals surface area contributed by atoms with Crippen molar-refractivity contribution in [2.24, 2.45) is 0 Å². The summed E-state index contributed by atoms with van der Waals surface area (Å²) in [6.07, 6.45) is 4.91. The predicted octanol–water partition coefficient (Wildman–Crippen LogP) is 3.87. The molecule has 0 saturated carbocycles. The van der Waals surface area contributed by atoms with Crippen LogP contribution in [-0.4, -0.2) is 89.3 Å². The number of aromatic nitrogens is 3. The fourth-order valence-corrected chi connectivity index (χ4v) is 6.77. The van der Waals surface area contributed by atoms with Gasteiger partial charge in [0.2, 0.25) is 0 Å². The number of morpholine rings is 1. The summed E-state index contributed by atoms with van der Waals surface area (Å²) in [6, 6.07) is 20.9. The normalized spacial score (nSPS) is 21.5. The van der Waals surface area contributed by atoms with Gasteiger partial charge >= 0.3 is 0 Å². The molecule has 0 unspecified atom stereocenters. The Kier molecular flexibility index (Phi) is 7.90. The van der Waals surface area contributed by atoms with Crippen molar-refractivity contribution in [2.45, 2.75) is 38.6 Å². The maximum atomic E-state index is 9.56. The SMILES string of the molecule is C[C@@H]1CN(c2ccc(C#N)c3ncccc23)C[C@H](CN2CCN(c3cnc4c(n3)CCN(Cc3ccccc3)C4)CC2)O1. The number of hydrogen-bond acceptors (Lipinski definition) is 9. The fourth-order valence-electron chi connectivity index (χ4n) is 6.77. The minimum atomic E-state index is 0.111. The zero-order valence-electron chi connectivity index (χ0n) is 24.8. The van der Waals surface area contributed by atoms with Crippen LogP contribution in [0.4, 0.5) is 11.5 Å². The molecule has 7 rings (SSSR count). The van der Waals surface area contributed by atoms with E-state index in [-0.39, 0.29) is 12.2 Å². The topological polar surface area (TPSA) is 84.7 Å². The van der Waals surface area contributed by atoms with Gasteiger partial charge in [0.15, 0.2) is 0 Å². The Labute approximate surface area is 253 Å². The lowest BCUT2D eigenvalue weighted by molar-refractivity contribution is -0.0327. The molecule has 2 aromatic heterocycles. The molecule has 9 nitrogen and oxygen atoms in total. The number of rotatable bonds is 6. The Bertz CT molecular complexity index is 1610. The first-order chi connectivity index (χ1) is 21.1. The molecule has 2 saturated heterocycles. The first kappa shape index (κ1) is 27.7. The van der Waals surface area contributed by atoms with Gasteiger partial charge in [-0.05, 0) is 36.8 Å². The first-order valence-electron chi connectivity index (χ1n) is 15.4. The predicted molar refractivity (Wildman–Crippen MR) is 168 cm³/mol. The highest BCUT2D eigenvalue weighted by Crippen LogP contribution is 2.30. The number of anilines is 2. The van der Waals surface area contributed by atoms with Crippen molar-refractivity contribution >= 4 is 22.4 Å². The van der Waals surface area contributed by atoms with E-state index in [0.29, 0.717) is 5.56 Å². The standard InChI is InChI=1S/C34H38N8O/c1-25-20-42(32-10-9-27(18-35)34-29(32)8-5-12-36-34)23-28(43-25)22-39-14-16-41(17-15-39)33-19-37-31-24-40(13-11-30(31)38-33)21-26-6-3-2-4-7-26/h2-10,12,19,25,28H,11,13-17,20-24H2,1H3/t25-,28+/m1/s1. The Morgan fingerprint density at radius 2 is 1.74 bits per heavy atom. The van der Waals surface area contributed by atoms with Crippen LogP contribution in [0.3, 0.4) is 0 Å². The van der Waals surface area contributed by atoms with E-state index < -0.39 is 0 Å². The minimum absolute atomic E-state index is 0.111. The zero-order chi connectivity index (χ0) is 29.2. The summed E-state index contributed by atoms with van der Waals surface area (Å²) in [5, 5.41) is 10.6. The van der Waals surface area contributed by atoms with Gasteiger partial charge in [-0.25, -0.2) is 4.98 Å². The highest BCUT2D eigenvalue weighted by Gasteiger charge is 2.30. The van der Waals surface area contributed by atoms with E-state index >= 15 is 0 Å². The number of pyridine rings is 1. The highest BCUT2D eigenvalue weighted by molar-refractivity contribution is 5.95. The van der Waals surface area contributed by atoms with Gasteiger partial charge in [-0.3, -0.25) is 19.8 Å². The van der Waals surface area contributed by atoms with Crippen LogP contribution in [0.15, 0.2) is 67.0 Å². The molecule has 0 bridgehead atoms. The van der Waals surface area contributed by atoms with Crippen molar-refractivity contribution < 1.29 is 4.74 Å². The van der Waals surface area contributed by atoms with Gasteiger partial charge in [0.1, 0.15) is 11.9 Å². The molecule has 3 aliphatic heterocycles. The molecule has 0 radical (unpaired) electrons. The second-order valence-corrected chi connectivity index (χ2v) is 12.0. The summed E-state index contributed by atoms with van der Waals surface area (Å²) in [6.45, 7) is 11.3. The number of ether oxygens (including phenoxy) is 1. The van der Waals surface area contributed by atoms with Crippen LogP contribution < -0.4 is 9.80 Å². The molecule has 43 heavy (non-hydrogen) atoms. The third-order valence-corrected chi connectivity index (χ3v) is 8.90. The van der Waals surface area contributed by atoms with Crippen molar-refractivity contribution in [3.05, 3.63) is 89.5 Å². The molecular formula is C34H38N8O. The van der Waals surface area contributed by atoms with E-state index in [1.807, 2.05) is 18.3 Å². The van der Waals surface area contributed by atoms with Gasteiger partial charge in [-0.15, -0.1) is 0 Å². The van der Waals surface area contributed by atoms with Crippen molar-refractivity contribution in [3.8, 4) is 6.07 Å². The number of piperazine rings is 1. The summed E-state index contributed by atoms with van der Waals surface area (Å²) in [7, 11) is 0. The monoisotopic (exact) mass is 574 g/mol. The smallest absolute Gasteiger partial charge is 0.147 e. The van der Waals surface area contributed by atoms with Gasteiger partial charge in [0.05, 0.1) is 40.9 Å². The molecule has 2 fully saturated rings. The lowest BCUT2D eigenvalue weighted by atomic mass is 10.1. The van der Waals surface area contributed by atoms with Crippen LogP contribution in [0.5, 0.6) is 0 Å². The van der Waals surface area contributed by atoms with E-state index in [1.165, 1.54) is 5.56 Å². The van der Waals surface area contributed by atoms with Crippen LogP contribution in [0.1, 0.15) is 29.4 Å². The Balaban J connectivity index is 0.953. The highest BCUT2D eigenvalue weighted by atomic mass is 16.5. The number of fused-ring (bicyclic) bond motifs is 2. The number of benzene rings is 2. The number of nitrogens with zero attached hydrogens (tertiary/aromatic N) is 8. The molecule has 0 amide bonds. The third kappa shape index (κ3) is 6.04. The Hall–Kier alpha value is -4.10. The molecule has 2 atom stereocenters. The van der Waals surface area contributed by atoms with Gasteiger partial charge in [-0.1, -0.05) is 30.3 Å². The quantitative estimate of drug-likeness (QED) is 0.341. The van der Waals surface area contributed by atoms with Gasteiger partial charge < -0.3 is 14.5 Å². The van der Waals surface area contributed by atoms with Crippen molar-refractivity contribution in [3.63, 3.8) is 0 Å². The van der Waals surface area contributed by atoms with Gasteiger partial charge in [-0.2, -0.15) is 5.26 Å². The molecule has 9 heteroatoms. The van der Waals surface area contributed by atoms with E-state index in [4.69, 9.17) is 14.7 Å². The lowest BCUT2D eigenvalue weighted by Crippen LogP contribution is -2.54. The molecule has 0 aliphatic carbocycles. The molecule has 4 aromatic rings. The van der Waals surface area contributed by atoms with Crippen LogP contribution in [0.25, 0.3) is 10.9 Å². The summed E-state index contributed by atoms with van der Waals surface area (Å²) in [5.74, 6) is 1.00. The van der Waals surface area contributed by atoms with Crippen LogP contribution >= 0.6 is 0 Å². The summed E-state index contributed by atoms with van der Waals surface area (Å²) in [4.78, 5) is 24.2. The molecule has 5 heterocycles. The second-order valence-electron chi connectivity index (χ2n) is 12.0.